The Morgan fingerprint density at radius 2 is 2.11 bits per heavy atom. The van der Waals surface area contributed by atoms with Crippen LogP contribution in [0.5, 0.6) is 0 Å². The molecule has 0 radical (unpaired) electrons. The van der Waals surface area contributed by atoms with Gasteiger partial charge in [-0.3, -0.25) is 0 Å². The molecule has 1 aliphatic rings. The summed E-state index contributed by atoms with van der Waals surface area (Å²) in [7, 11) is 0. The number of Topliss-reactive ketones (excluding diaryl/α,β-unsaturated/α-hetero) is 1. The van der Waals surface area contributed by atoms with Crippen LogP contribution in [-0.4, -0.2) is 33.3 Å². The summed E-state index contributed by atoms with van der Waals surface area (Å²) in [5.74, 6) is -0.263. The van der Waals surface area contributed by atoms with Gasteiger partial charge in [0.2, 0.25) is 0 Å². The quantitative estimate of drug-likeness (QED) is 0.481. The summed E-state index contributed by atoms with van der Waals surface area (Å²) < 4.78 is 5.33. The average molecular weight is 311 g/mol. The maximum atomic E-state index is 12.2. The molecule has 0 aliphatic heterocycles. The van der Waals surface area contributed by atoms with Crippen molar-refractivity contribution in [3.05, 3.63) is 30.3 Å². The topological polar surface area (TPSA) is 43.4 Å². The van der Waals surface area contributed by atoms with Gasteiger partial charge in [0.25, 0.3) is 0 Å². The zero-order valence-electron chi connectivity index (χ0n) is 10.3. The van der Waals surface area contributed by atoms with E-state index in [0.717, 1.165) is 10.9 Å². The molecule has 0 aromatic heterocycles. The molecule has 96 valence electrons. The van der Waals surface area contributed by atoms with Gasteiger partial charge >= 0.3 is 113 Å². The predicted molar refractivity (Wildman–Crippen MR) is 70.0 cm³/mol. The van der Waals surface area contributed by atoms with Crippen LogP contribution in [0, 0.1) is 0 Å². The first-order valence-electron chi connectivity index (χ1n) is 6.13. The van der Waals surface area contributed by atoms with Gasteiger partial charge in [-0.1, -0.05) is 0 Å². The van der Waals surface area contributed by atoms with Crippen molar-refractivity contribution in [2.24, 2.45) is 0 Å². The van der Waals surface area contributed by atoms with E-state index in [2.05, 4.69) is 0 Å². The van der Waals surface area contributed by atoms with Crippen molar-refractivity contribution in [2.45, 2.75) is 30.5 Å². The van der Waals surface area contributed by atoms with E-state index in [1.807, 2.05) is 30.3 Å². The summed E-state index contributed by atoms with van der Waals surface area (Å²) in [4.78, 5) is 24.3. The number of rotatable bonds is 4. The summed E-state index contributed by atoms with van der Waals surface area (Å²) >= 11 is -0.186. The standard InChI is InChI=1S/C14H16O3Se/c1-2-17-13(16)14(10-6-9-12(14)15)18-11-7-4-3-5-8-11/h3-5,7-8H,2,6,9-10H2,1H3. The number of hydrogen-bond donors (Lipinski definition) is 0. The van der Waals surface area contributed by atoms with E-state index in [9.17, 15) is 9.59 Å². The Labute approximate surface area is 113 Å². The Morgan fingerprint density at radius 1 is 1.39 bits per heavy atom. The van der Waals surface area contributed by atoms with Crippen LogP contribution in [-0.2, 0) is 14.3 Å². The number of carbonyl (C=O) groups excluding carboxylic acids is 2. The normalized spacial score (nSPS) is 23.1. The molecule has 0 bridgehead atoms. The summed E-state index contributed by atoms with van der Waals surface area (Å²) in [5, 5.41) is 0. The third-order valence-corrected chi connectivity index (χ3v) is 6.08. The fourth-order valence-corrected chi connectivity index (χ4v) is 4.87. The van der Waals surface area contributed by atoms with E-state index in [1.165, 1.54) is 0 Å². The first kappa shape index (κ1) is 13.3. The average Bonchev–Trinajstić information content (AvgIpc) is 2.74. The first-order chi connectivity index (χ1) is 8.69. The molecule has 2 rings (SSSR count). The Balaban J connectivity index is 2.26. The number of hydrogen-bond acceptors (Lipinski definition) is 3. The fraction of sp³-hybridized carbons (Fsp3) is 0.429. The van der Waals surface area contributed by atoms with Gasteiger partial charge in [0.1, 0.15) is 0 Å². The molecule has 0 heterocycles. The molecule has 1 aliphatic carbocycles. The molecule has 1 saturated carbocycles. The molecule has 4 heteroatoms. The van der Waals surface area contributed by atoms with Gasteiger partial charge in [-0.15, -0.1) is 0 Å². The summed E-state index contributed by atoms with van der Waals surface area (Å²) in [6.07, 6.45) is 1.94. The Hall–Kier alpha value is -1.12. The number of esters is 1. The van der Waals surface area contributed by atoms with E-state index >= 15 is 0 Å². The number of carbonyl (C=O) groups is 2. The molecule has 3 nitrogen and oxygen atoms in total. The van der Waals surface area contributed by atoms with Gasteiger partial charge in [0.15, 0.2) is 0 Å². The van der Waals surface area contributed by atoms with Crippen molar-refractivity contribution in [3.63, 3.8) is 0 Å². The Bertz CT molecular complexity index is 444. The molecule has 1 aromatic carbocycles. The van der Waals surface area contributed by atoms with Crippen molar-refractivity contribution in [3.8, 4) is 0 Å². The van der Waals surface area contributed by atoms with Gasteiger partial charge in [-0.05, 0) is 0 Å². The molecular formula is C14H16O3Se. The van der Waals surface area contributed by atoms with E-state index in [1.54, 1.807) is 6.92 Å². The van der Waals surface area contributed by atoms with Crippen molar-refractivity contribution in [1.29, 1.82) is 0 Å². The zero-order valence-corrected chi connectivity index (χ0v) is 12.1. The van der Waals surface area contributed by atoms with E-state index in [-0.39, 0.29) is 26.7 Å². The van der Waals surface area contributed by atoms with Crippen molar-refractivity contribution in [2.75, 3.05) is 6.61 Å². The molecule has 0 amide bonds. The molecule has 1 aromatic rings. The minimum atomic E-state index is -0.871. The van der Waals surface area contributed by atoms with Gasteiger partial charge < -0.3 is 0 Å². The molecular weight excluding hydrogens is 295 g/mol. The van der Waals surface area contributed by atoms with Crippen LogP contribution in [0.1, 0.15) is 26.2 Å². The molecule has 1 unspecified atom stereocenters. The molecule has 0 N–H and O–H groups in total. The van der Waals surface area contributed by atoms with Crippen LogP contribution in [0.3, 0.4) is 0 Å². The number of benzene rings is 1. The van der Waals surface area contributed by atoms with E-state index in [0.29, 0.717) is 19.4 Å². The van der Waals surface area contributed by atoms with Crippen LogP contribution < -0.4 is 4.46 Å². The molecule has 0 saturated heterocycles. The second kappa shape index (κ2) is 5.68. The van der Waals surface area contributed by atoms with E-state index < -0.39 is 4.31 Å². The third kappa shape index (κ3) is 2.50. The molecule has 1 fully saturated rings. The summed E-state index contributed by atoms with van der Waals surface area (Å²) in [6, 6.07) is 9.77. The van der Waals surface area contributed by atoms with Gasteiger partial charge in [-0.2, -0.15) is 0 Å². The maximum absolute atomic E-state index is 12.2. The van der Waals surface area contributed by atoms with Crippen LogP contribution in [0.2, 0.25) is 4.31 Å². The Kier molecular flexibility index (Phi) is 4.20. The van der Waals surface area contributed by atoms with Gasteiger partial charge in [-0.25, -0.2) is 0 Å². The van der Waals surface area contributed by atoms with Crippen LogP contribution >= 0.6 is 0 Å². The van der Waals surface area contributed by atoms with Gasteiger partial charge in [0.05, 0.1) is 0 Å². The summed E-state index contributed by atoms with van der Waals surface area (Å²) in [6.45, 7) is 2.11. The van der Waals surface area contributed by atoms with Crippen LogP contribution in [0.4, 0.5) is 0 Å². The van der Waals surface area contributed by atoms with E-state index in [4.69, 9.17) is 4.74 Å². The SMILES string of the molecule is CCOC(=O)C1([Se]c2ccccc2)CCCC1=O. The van der Waals surface area contributed by atoms with Crippen LogP contribution in [0.25, 0.3) is 0 Å². The Morgan fingerprint density at radius 3 is 2.67 bits per heavy atom. The second-order valence-corrected chi connectivity index (χ2v) is 7.12. The number of ether oxygens (including phenoxy) is 1. The fourth-order valence-electron chi connectivity index (χ4n) is 2.14. The third-order valence-electron chi connectivity index (χ3n) is 3.02. The minimum absolute atomic E-state index is 0.0600. The molecule has 0 spiro atoms. The van der Waals surface area contributed by atoms with Gasteiger partial charge in [0, 0.05) is 0 Å². The predicted octanol–water partition coefficient (Wildman–Crippen LogP) is 1.49. The zero-order chi connectivity index (χ0) is 13.0. The van der Waals surface area contributed by atoms with Crippen LogP contribution in [0.15, 0.2) is 30.3 Å². The van der Waals surface area contributed by atoms with Crippen molar-refractivity contribution < 1.29 is 14.3 Å². The van der Waals surface area contributed by atoms with Crippen molar-refractivity contribution >= 4 is 31.2 Å². The molecule has 18 heavy (non-hydrogen) atoms. The number of ketones is 1. The monoisotopic (exact) mass is 312 g/mol. The second-order valence-electron chi connectivity index (χ2n) is 4.24. The first-order valence-corrected chi connectivity index (χ1v) is 7.85. The molecule has 1 atom stereocenters. The van der Waals surface area contributed by atoms with Crippen molar-refractivity contribution in [1.82, 2.24) is 0 Å². The summed E-state index contributed by atoms with van der Waals surface area (Å²) in [5.41, 5.74) is 0.